The van der Waals surface area contributed by atoms with Gasteiger partial charge in [-0.05, 0) is 11.6 Å². The van der Waals surface area contributed by atoms with E-state index >= 15 is 0 Å². The normalized spacial score (nSPS) is 17.2. The number of morpholine rings is 2. The van der Waals surface area contributed by atoms with Crippen LogP contribution in [-0.4, -0.2) is 79.3 Å². The second-order valence-corrected chi connectivity index (χ2v) is 8.74. The highest BCUT2D eigenvalue weighted by Crippen LogP contribution is 2.28. The number of guanidine groups is 1. The summed E-state index contributed by atoms with van der Waals surface area (Å²) in [5, 5.41) is 4.32. The summed E-state index contributed by atoms with van der Waals surface area (Å²) in [6.45, 7) is 7.93. The Morgan fingerprint density at radius 2 is 1.49 bits per heavy atom. The molecule has 1 aromatic heterocycles. The van der Waals surface area contributed by atoms with E-state index in [1.54, 1.807) is 0 Å². The SMILES string of the molecule is CC(c1cccc(C(=O)c2ccccc2)c1)c1cc(N=C(N2CCOCC2)N2CCOCC2)on1. The molecule has 2 aliphatic heterocycles. The number of hydrogen-bond acceptors (Lipinski definition) is 6. The van der Waals surface area contributed by atoms with E-state index in [1.165, 1.54) is 0 Å². The summed E-state index contributed by atoms with van der Waals surface area (Å²) in [5.41, 5.74) is 3.10. The minimum atomic E-state index is -0.0542. The van der Waals surface area contributed by atoms with Crippen LogP contribution in [0.2, 0.25) is 0 Å². The molecule has 0 spiro atoms. The molecule has 182 valence electrons. The molecular weight excluding hydrogens is 444 g/mol. The molecule has 8 heteroatoms. The van der Waals surface area contributed by atoms with Crippen LogP contribution in [-0.2, 0) is 9.47 Å². The van der Waals surface area contributed by atoms with Gasteiger partial charge in [-0.15, -0.1) is 0 Å². The molecule has 2 saturated heterocycles. The predicted octanol–water partition coefficient (Wildman–Crippen LogP) is 3.71. The van der Waals surface area contributed by atoms with Crippen molar-refractivity contribution in [1.82, 2.24) is 15.0 Å². The quantitative estimate of drug-likeness (QED) is 0.317. The Morgan fingerprint density at radius 3 is 2.14 bits per heavy atom. The fourth-order valence-electron chi connectivity index (χ4n) is 4.38. The first-order chi connectivity index (χ1) is 17.2. The smallest absolute Gasteiger partial charge is 0.253 e. The lowest BCUT2D eigenvalue weighted by Gasteiger charge is -2.37. The highest BCUT2D eigenvalue weighted by atomic mass is 16.5. The van der Waals surface area contributed by atoms with Crippen molar-refractivity contribution in [1.29, 1.82) is 0 Å². The van der Waals surface area contributed by atoms with Crippen LogP contribution in [0, 0.1) is 0 Å². The van der Waals surface area contributed by atoms with Crippen LogP contribution in [0.25, 0.3) is 0 Å². The van der Waals surface area contributed by atoms with E-state index in [0.29, 0.717) is 43.4 Å². The fraction of sp³-hybridized carbons (Fsp3) is 0.370. The monoisotopic (exact) mass is 474 g/mol. The number of ether oxygens (including phenoxy) is 2. The summed E-state index contributed by atoms with van der Waals surface area (Å²) in [7, 11) is 0. The molecule has 0 saturated carbocycles. The molecule has 0 bridgehead atoms. The van der Waals surface area contributed by atoms with Gasteiger partial charge >= 0.3 is 0 Å². The Balaban J connectivity index is 1.37. The highest BCUT2D eigenvalue weighted by molar-refractivity contribution is 6.09. The lowest BCUT2D eigenvalue weighted by Crippen LogP contribution is -2.52. The minimum Gasteiger partial charge on any atom is -0.378 e. The minimum absolute atomic E-state index is 0.00533. The molecule has 8 nitrogen and oxygen atoms in total. The molecule has 3 heterocycles. The van der Waals surface area contributed by atoms with Crippen LogP contribution in [0.1, 0.15) is 40.0 Å². The number of carbonyl (C=O) groups is 1. The second kappa shape index (κ2) is 10.8. The van der Waals surface area contributed by atoms with Gasteiger partial charge in [0.05, 0.1) is 32.1 Å². The largest absolute Gasteiger partial charge is 0.378 e. The molecule has 2 aromatic carbocycles. The van der Waals surface area contributed by atoms with Gasteiger partial charge in [0.15, 0.2) is 5.78 Å². The van der Waals surface area contributed by atoms with Gasteiger partial charge in [0.2, 0.25) is 5.96 Å². The fourth-order valence-corrected chi connectivity index (χ4v) is 4.38. The van der Waals surface area contributed by atoms with E-state index in [9.17, 15) is 4.79 Å². The maximum absolute atomic E-state index is 12.9. The number of rotatable bonds is 5. The van der Waals surface area contributed by atoms with Gasteiger partial charge in [-0.1, -0.05) is 60.6 Å². The summed E-state index contributed by atoms with van der Waals surface area (Å²) in [6, 6.07) is 18.9. The zero-order valence-electron chi connectivity index (χ0n) is 19.9. The number of aromatic nitrogens is 1. The molecule has 0 radical (unpaired) electrons. The summed E-state index contributed by atoms with van der Waals surface area (Å²) in [5.74, 6) is 1.30. The van der Waals surface area contributed by atoms with Gasteiger partial charge < -0.3 is 23.8 Å². The third kappa shape index (κ3) is 5.44. The van der Waals surface area contributed by atoms with Crippen LogP contribution in [0.3, 0.4) is 0 Å². The topological polar surface area (TPSA) is 80.4 Å². The van der Waals surface area contributed by atoms with Gasteiger partial charge in [0.25, 0.3) is 5.88 Å². The van der Waals surface area contributed by atoms with E-state index in [4.69, 9.17) is 19.0 Å². The van der Waals surface area contributed by atoms with Crippen molar-refractivity contribution in [2.24, 2.45) is 4.99 Å². The maximum Gasteiger partial charge on any atom is 0.253 e. The Kier molecular flexibility index (Phi) is 7.20. The zero-order chi connectivity index (χ0) is 24.0. The number of carbonyl (C=O) groups excluding carboxylic acids is 1. The number of hydrogen-bond donors (Lipinski definition) is 0. The second-order valence-electron chi connectivity index (χ2n) is 8.74. The molecule has 5 rings (SSSR count). The molecule has 35 heavy (non-hydrogen) atoms. The van der Waals surface area contributed by atoms with E-state index in [1.807, 2.05) is 60.7 Å². The number of nitrogens with zero attached hydrogens (tertiary/aromatic N) is 4. The van der Waals surface area contributed by atoms with Crippen molar-refractivity contribution in [3.63, 3.8) is 0 Å². The first-order valence-electron chi connectivity index (χ1n) is 12.1. The standard InChI is InChI=1S/C27H30N4O4/c1-20(22-8-5-9-23(18-22)26(32)21-6-3-2-4-7-21)24-19-25(35-29-24)28-27(30-10-14-33-15-11-30)31-12-16-34-17-13-31/h2-9,18-20H,10-17H2,1H3. The van der Waals surface area contributed by atoms with Crippen molar-refractivity contribution >= 4 is 17.6 Å². The average molecular weight is 475 g/mol. The molecule has 3 aromatic rings. The number of benzene rings is 2. The number of ketones is 1. The molecule has 0 N–H and O–H groups in total. The van der Waals surface area contributed by atoms with Crippen LogP contribution in [0.15, 0.2) is 70.2 Å². The molecule has 1 unspecified atom stereocenters. The zero-order valence-corrected chi connectivity index (χ0v) is 19.9. The van der Waals surface area contributed by atoms with Crippen molar-refractivity contribution in [3.05, 3.63) is 83.0 Å². The Bertz CT molecular complexity index is 1140. The summed E-state index contributed by atoms with van der Waals surface area (Å²) in [6.07, 6.45) is 0. The van der Waals surface area contributed by atoms with Crippen molar-refractivity contribution in [3.8, 4) is 0 Å². The molecule has 0 aliphatic carbocycles. The lowest BCUT2D eigenvalue weighted by molar-refractivity contribution is 0.0421. The van der Waals surface area contributed by atoms with Crippen molar-refractivity contribution < 1.29 is 18.8 Å². The number of aliphatic imine (C=N–C) groups is 1. The van der Waals surface area contributed by atoms with E-state index in [-0.39, 0.29) is 11.7 Å². The van der Waals surface area contributed by atoms with Crippen LogP contribution >= 0.6 is 0 Å². The van der Waals surface area contributed by atoms with Gasteiger partial charge in [-0.2, -0.15) is 4.99 Å². The summed E-state index contributed by atoms with van der Waals surface area (Å²) >= 11 is 0. The molecule has 2 fully saturated rings. The maximum atomic E-state index is 12.9. The van der Waals surface area contributed by atoms with Crippen molar-refractivity contribution in [2.75, 3.05) is 52.6 Å². The average Bonchev–Trinajstić information content (AvgIpc) is 3.41. The van der Waals surface area contributed by atoms with E-state index < -0.39 is 0 Å². The Hall–Kier alpha value is -3.49. The highest BCUT2D eigenvalue weighted by Gasteiger charge is 2.24. The molecule has 1 atom stereocenters. The Morgan fingerprint density at radius 1 is 0.857 bits per heavy atom. The van der Waals surface area contributed by atoms with Crippen molar-refractivity contribution in [2.45, 2.75) is 12.8 Å². The van der Waals surface area contributed by atoms with E-state index in [0.717, 1.165) is 43.4 Å². The van der Waals surface area contributed by atoms with E-state index in [2.05, 4.69) is 21.9 Å². The Labute approximate surface area is 205 Å². The lowest BCUT2D eigenvalue weighted by atomic mass is 9.94. The third-order valence-corrected chi connectivity index (χ3v) is 6.44. The third-order valence-electron chi connectivity index (χ3n) is 6.44. The first kappa shape index (κ1) is 23.3. The van der Waals surface area contributed by atoms with Crippen LogP contribution in [0.5, 0.6) is 0 Å². The summed E-state index contributed by atoms with van der Waals surface area (Å²) < 4.78 is 16.7. The first-order valence-corrected chi connectivity index (χ1v) is 12.1. The van der Waals surface area contributed by atoms with Gasteiger partial charge in [0.1, 0.15) is 0 Å². The molecular formula is C27H30N4O4. The van der Waals surface area contributed by atoms with Gasteiger partial charge in [-0.3, -0.25) is 4.79 Å². The predicted molar refractivity (Wildman–Crippen MR) is 132 cm³/mol. The van der Waals surface area contributed by atoms with Crippen LogP contribution in [0.4, 0.5) is 5.88 Å². The molecule has 2 aliphatic rings. The van der Waals surface area contributed by atoms with Crippen LogP contribution < -0.4 is 0 Å². The van der Waals surface area contributed by atoms with Gasteiger partial charge in [0, 0.05) is 49.3 Å². The summed E-state index contributed by atoms with van der Waals surface area (Å²) in [4.78, 5) is 22.2. The molecule has 0 amide bonds. The van der Waals surface area contributed by atoms with Gasteiger partial charge in [-0.25, -0.2) is 0 Å².